The molecule has 2 aromatic rings. The van der Waals surface area contributed by atoms with Crippen molar-refractivity contribution in [2.75, 3.05) is 0 Å². The van der Waals surface area contributed by atoms with Crippen LogP contribution in [0.1, 0.15) is 47.7 Å². The van der Waals surface area contributed by atoms with E-state index in [0.29, 0.717) is 6.42 Å². The standard InChI is InChI=1S/C20H21F3O2/c1-15(9-5-6-12-16-10-3-2-4-11-16)25-19(24)17-13-7-8-14-18(17)20(21,22)23/h2-4,7-8,10-11,13-15H,5-6,9,12H2,1H3. The van der Waals surface area contributed by atoms with Gasteiger partial charge in [-0.25, -0.2) is 4.79 Å². The minimum absolute atomic E-state index is 0.426. The highest BCUT2D eigenvalue weighted by molar-refractivity contribution is 5.91. The number of carbonyl (C=O) groups is 1. The zero-order valence-electron chi connectivity index (χ0n) is 14.1. The number of hydrogen-bond acceptors (Lipinski definition) is 2. The monoisotopic (exact) mass is 350 g/mol. The number of aryl methyl sites for hydroxylation is 1. The lowest BCUT2D eigenvalue weighted by Gasteiger charge is -2.16. The highest BCUT2D eigenvalue weighted by atomic mass is 19.4. The van der Waals surface area contributed by atoms with Crippen LogP contribution in [0.2, 0.25) is 0 Å². The van der Waals surface area contributed by atoms with Crippen LogP contribution >= 0.6 is 0 Å². The maximum atomic E-state index is 12.9. The molecule has 1 atom stereocenters. The van der Waals surface area contributed by atoms with E-state index in [9.17, 15) is 18.0 Å². The number of alkyl halides is 3. The summed E-state index contributed by atoms with van der Waals surface area (Å²) in [5, 5.41) is 0. The first kappa shape index (κ1) is 19.0. The Morgan fingerprint density at radius 3 is 2.32 bits per heavy atom. The van der Waals surface area contributed by atoms with Crippen molar-refractivity contribution in [1.29, 1.82) is 0 Å². The third-order valence-electron chi connectivity index (χ3n) is 3.93. The molecule has 2 rings (SSSR count). The first-order chi connectivity index (χ1) is 11.9. The summed E-state index contributed by atoms with van der Waals surface area (Å²) in [6.07, 6.45) is -1.68. The number of hydrogen-bond donors (Lipinski definition) is 0. The lowest BCUT2D eigenvalue weighted by atomic mass is 10.1. The van der Waals surface area contributed by atoms with Gasteiger partial charge in [-0.3, -0.25) is 0 Å². The number of benzene rings is 2. The van der Waals surface area contributed by atoms with Crippen molar-refractivity contribution in [3.05, 3.63) is 71.3 Å². The van der Waals surface area contributed by atoms with E-state index in [0.717, 1.165) is 31.4 Å². The van der Waals surface area contributed by atoms with Gasteiger partial charge in [0.15, 0.2) is 0 Å². The van der Waals surface area contributed by atoms with Gasteiger partial charge >= 0.3 is 12.1 Å². The fourth-order valence-corrected chi connectivity index (χ4v) is 2.62. The second kappa shape index (κ2) is 8.70. The lowest BCUT2D eigenvalue weighted by Crippen LogP contribution is -2.19. The van der Waals surface area contributed by atoms with E-state index in [4.69, 9.17) is 4.74 Å². The maximum Gasteiger partial charge on any atom is 0.417 e. The molecule has 0 aromatic heterocycles. The largest absolute Gasteiger partial charge is 0.459 e. The predicted molar refractivity (Wildman–Crippen MR) is 90.3 cm³/mol. The molecule has 1 unspecified atom stereocenters. The maximum absolute atomic E-state index is 12.9. The van der Waals surface area contributed by atoms with E-state index >= 15 is 0 Å². The Bertz CT molecular complexity index is 681. The molecule has 0 spiro atoms. The molecule has 0 aliphatic rings. The SMILES string of the molecule is CC(CCCCc1ccccc1)OC(=O)c1ccccc1C(F)(F)F. The molecule has 25 heavy (non-hydrogen) atoms. The number of carbonyl (C=O) groups excluding carboxylic acids is 1. The van der Waals surface area contributed by atoms with Gasteiger partial charge in [0.2, 0.25) is 0 Å². The van der Waals surface area contributed by atoms with Crippen LogP contribution < -0.4 is 0 Å². The van der Waals surface area contributed by atoms with Gasteiger partial charge in [0.1, 0.15) is 0 Å². The molecule has 0 amide bonds. The molecule has 0 N–H and O–H groups in total. The smallest absolute Gasteiger partial charge is 0.417 e. The molecule has 0 aliphatic heterocycles. The molecule has 0 saturated heterocycles. The van der Waals surface area contributed by atoms with Crippen LogP contribution in [0, 0.1) is 0 Å². The van der Waals surface area contributed by atoms with E-state index in [1.165, 1.54) is 17.7 Å². The van der Waals surface area contributed by atoms with Crippen molar-refractivity contribution in [2.24, 2.45) is 0 Å². The van der Waals surface area contributed by atoms with Gasteiger partial charge in [0.05, 0.1) is 17.2 Å². The van der Waals surface area contributed by atoms with Crippen LogP contribution in [0.5, 0.6) is 0 Å². The molecule has 134 valence electrons. The Morgan fingerprint density at radius 2 is 1.64 bits per heavy atom. The predicted octanol–water partition coefficient (Wildman–Crippen LogP) is 5.66. The van der Waals surface area contributed by atoms with Gasteiger partial charge in [-0.15, -0.1) is 0 Å². The number of unbranched alkanes of at least 4 members (excludes halogenated alkanes) is 1. The second-order valence-electron chi connectivity index (χ2n) is 5.99. The average Bonchev–Trinajstić information content (AvgIpc) is 2.59. The molecule has 5 heteroatoms. The normalized spacial score (nSPS) is 12.6. The van der Waals surface area contributed by atoms with E-state index < -0.39 is 29.4 Å². The molecular weight excluding hydrogens is 329 g/mol. The Labute approximate surface area is 145 Å². The summed E-state index contributed by atoms with van der Waals surface area (Å²) >= 11 is 0. The summed E-state index contributed by atoms with van der Waals surface area (Å²) in [5.41, 5.74) is -0.159. The van der Waals surface area contributed by atoms with Crippen LogP contribution in [0.3, 0.4) is 0 Å². The van der Waals surface area contributed by atoms with Gasteiger partial charge in [-0.05, 0) is 50.3 Å². The van der Waals surface area contributed by atoms with Gasteiger partial charge in [-0.2, -0.15) is 13.2 Å². The molecule has 0 aliphatic carbocycles. The Morgan fingerprint density at radius 1 is 1.00 bits per heavy atom. The minimum Gasteiger partial charge on any atom is -0.459 e. The van der Waals surface area contributed by atoms with Crippen LogP contribution in [-0.4, -0.2) is 12.1 Å². The summed E-state index contributed by atoms with van der Waals surface area (Å²) in [5.74, 6) is -0.927. The first-order valence-corrected chi connectivity index (χ1v) is 8.29. The molecule has 0 heterocycles. The number of rotatable bonds is 7. The highest BCUT2D eigenvalue weighted by Crippen LogP contribution is 2.32. The van der Waals surface area contributed by atoms with Gasteiger partial charge < -0.3 is 4.74 Å². The number of esters is 1. The van der Waals surface area contributed by atoms with Gasteiger partial charge in [0, 0.05) is 0 Å². The molecular formula is C20H21F3O2. The molecule has 0 bridgehead atoms. The Balaban J connectivity index is 1.82. The van der Waals surface area contributed by atoms with E-state index in [-0.39, 0.29) is 0 Å². The third kappa shape index (κ3) is 5.93. The van der Waals surface area contributed by atoms with Crippen molar-refractivity contribution in [2.45, 2.75) is 44.9 Å². The minimum atomic E-state index is -4.57. The summed E-state index contributed by atoms with van der Waals surface area (Å²) < 4.78 is 44.0. The van der Waals surface area contributed by atoms with Crippen molar-refractivity contribution in [1.82, 2.24) is 0 Å². The summed E-state index contributed by atoms with van der Waals surface area (Å²) in [7, 11) is 0. The molecule has 0 radical (unpaired) electrons. The second-order valence-corrected chi connectivity index (χ2v) is 5.99. The van der Waals surface area contributed by atoms with E-state index in [1.54, 1.807) is 6.92 Å². The number of halogens is 3. The van der Waals surface area contributed by atoms with Crippen molar-refractivity contribution < 1.29 is 22.7 Å². The average molecular weight is 350 g/mol. The summed E-state index contributed by atoms with van der Waals surface area (Å²) in [6, 6.07) is 14.7. The fourth-order valence-electron chi connectivity index (χ4n) is 2.62. The van der Waals surface area contributed by atoms with Crippen LogP contribution in [0.4, 0.5) is 13.2 Å². The highest BCUT2D eigenvalue weighted by Gasteiger charge is 2.35. The quantitative estimate of drug-likeness (QED) is 0.475. The topological polar surface area (TPSA) is 26.3 Å². The molecule has 2 nitrogen and oxygen atoms in total. The lowest BCUT2D eigenvalue weighted by molar-refractivity contribution is -0.138. The van der Waals surface area contributed by atoms with Crippen LogP contribution in [-0.2, 0) is 17.3 Å². The summed E-state index contributed by atoms with van der Waals surface area (Å²) in [4.78, 5) is 12.1. The Hall–Kier alpha value is -2.30. The molecule has 0 saturated carbocycles. The van der Waals surface area contributed by atoms with Gasteiger partial charge in [-0.1, -0.05) is 42.5 Å². The zero-order chi connectivity index (χ0) is 18.3. The fraction of sp³-hybridized carbons (Fsp3) is 0.350. The van der Waals surface area contributed by atoms with Crippen LogP contribution in [0.15, 0.2) is 54.6 Å². The Kier molecular flexibility index (Phi) is 6.62. The van der Waals surface area contributed by atoms with Gasteiger partial charge in [0.25, 0.3) is 0 Å². The summed E-state index contributed by atoms with van der Waals surface area (Å²) in [6.45, 7) is 1.70. The molecule has 2 aromatic carbocycles. The van der Waals surface area contributed by atoms with Crippen molar-refractivity contribution in [3.8, 4) is 0 Å². The van der Waals surface area contributed by atoms with Crippen molar-refractivity contribution >= 4 is 5.97 Å². The van der Waals surface area contributed by atoms with E-state index in [1.807, 2.05) is 18.2 Å². The molecule has 0 fully saturated rings. The zero-order valence-corrected chi connectivity index (χ0v) is 14.1. The number of ether oxygens (including phenoxy) is 1. The van der Waals surface area contributed by atoms with Crippen LogP contribution in [0.25, 0.3) is 0 Å². The third-order valence-corrected chi connectivity index (χ3v) is 3.93. The van der Waals surface area contributed by atoms with E-state index in [2.05, 4.69) is 12.1 Å². The first-order valence-electron chi connectivity index (χ1n) is 8.29. The van der Waals surface area contributed by atoms with Crippen molar-refractivity contribution in [3.63, 3.8) is 0 Å².